The predicted molar refractivity (Wildman–Crippen MR) is 76.2 cm³/mol. The Morgan fingerprint density at radius 2 is 2.10 bits per heavy atom. The van der Waals surface area contributed by atoms with Crippen molar-refractivity contribution in [2.45, 2.75) is 26.2 Å². The van der Waals surface area contributed by atoms with Crippen LogP contribution in [0, 0.1) is 17.7 Å². The summed E-state index contributed by atoms with van der Waals surface area (Å²) in [5.74, 6) is 5.71. The Morgan fingerprint density at radius 1 is 1.25 bits per heavy atom. The van der Waals surface area contributed by atoms with Crippen LogP contribution in [0.4, 0.5) is 4.39 Å². The first-order valence-corrected chi connectivity index (χ1v) is 6.87. The number of aliphatic hydroxyl groups is 1. The molecule has 0 aliphatic carbocycles. The van der Waals surface area contributed by atoms with Gasteiger partial charge in [-0.25, -0.2) is 4.39 Å². The van der Waals surface area contributed by atoms with Gasteiger partial charge in [-0.15, -0.1) is 0 Å². The molecule has 1 N–H and O–H groups in total. The zero-order chi connectivity index (χ0) is 14.6. The minimum atomic E-state index is -0.361. The van der Waals surface area contributed by atoms with Crippen LogP contribution in [-0.2, 0) is 4.74 Å². The molecule has 0 saturated heterocycles. The summed E-state index contributed by atoms with van der Waals surface area (Å²) in [6.07, 6.45) is 2.50. The molecule has 0 fully saturated rings. The van der Waals surface area contributed by atoms with Crippen LogP contribution < -0.4 is 4.74 Å². The van der Waals surface area contributed by atoms with Gasteiger partial charge >= 0.3 is 0 Å². The van der Waals surface area contributed by atoms with Crippen molar-refractivity contribution < 1.29 is 19.0 Å². The highest BCUT2D eigenvalue weighted by atomic mass is 19.1. The van der Waals surface area contributed by atoms with Gasteiger partial charge in [-0.05, 0) is 18.6 Å². The second-order valence-corrected chi connectivity index (χ2v) is 4.23. The van der Waals surface area contributed by atoms with Gasteiger partial charge in [-0.3, -0.25) is 0 Å². The summed E-state index contributed by atoms with van der Waals surface area (Å²) >= 11 is 0. The normalized spacial score (nSPS) is 9.95. The average molecular weight is 280 g/mol. The minimum absolute atomic E-state index is 0.00958. The van der Waals surface area contributed by atoms with Gasteiger partial charge in [0.1, 0.15) is 18.2 Å². The second-order valence-electron chi connectivity index (χ2n) is 4.23. The van der Waals surface area contributed by atoms with E-state index in [2.05, 4.69) is 18.8 Å². The first-order valence-electron chi connectivity index (χ1n) is 6.87. The number of ether oxygens (including phenoxy) is 2. The third kappa shape index (κ3) is 6.55. The van der Waals surface area contributed by atoms with Gasteiger partial charge in [0.2, 0.25) is 0 Å². The third-order valence-electron chi connectivity index (χ3n) is 2.53. The van der Waals surface area contributed by atoms with Crippen molar-refractivity contribution in [2.24, 2.45) is 0 Å². The molecule has 0 spiro atoms. The lowest BCUT2D eigenvalue weighted by Crippen LogP contribution is -2.08. The lowest BCUT2D eigenvalue weighted by atomic mass is 10.2. The van der Waals surface area contributed by atoms with E-state index in [1.54, 1.807) is 6.07 Å². The van der Waals surface area contributed by atoms with Gasteiger partial charge in [0.15, 0.2) is 0 Å². The molecular formula is C16H21FO3. The summed E-state index contributed by atoms with van der Waals surface area (Å²) in [7, 11) is 0. The van der Waals surface area contributed by atoms with Gasteiger partial charge in [0.25, 0.3) is 0 Å². The summed E-state index contributed by atoms with van der Waals surface area (Å²) in [5, 5.41) is 8.69. The number of rotatable bonds is 8. The molecule has 0 aromatic heterocycles. The zero-order valence-corrected chi connectivity index (χ0v) is 11.8. The van der Waals surface area contributed by atoms with E-state index in [4.69, 9.17) is 14.6 Å². The van der Waals surface area contributed by atoms with E-state index in [1.807, 2.05) is 0 Å². The van der Waals surface area contributed by atoms with Crippen LogP contribution in [0.1, 0.15) is 31.7 Å². The maximum absolute atomic E-state index is 13.2. The Kier molecular flexibility index (Phi) is 8.44. The summed E-state index contributed by atoms with van der Waals surface area (Å²) < 4.78 is 24.1. The SMILES string of the molecule is CCCCOCCOc1cc(F)ccc1C#CCCO. The van der Waals surface area contributed by atoms with Crippen LogP contribution in [0.25, 0.3) is 0 Å². The van der Waals surface area contributed by atoms with Crippen LogP contribution in [0.2, 0.25) is 0 Å². The lowest BCUT2D eigenvalue weighted by molar-refractivity contribution is 0.0978. The van der Waals surface area contributed by atoms with Crippen molar-refractivity contribution in [3.8, 4) is 17.6 Å². The molecule has 0 heterocycles. The molecule has 20 heavy (non-hydrogen) atoms. The summed E-state index contributed by atoms with van der Waals surface area (Å²) in [6, 6.07) is 4.23. The van der Waals surface area contributed by atoms with E-state index in [9.17, 15) is 4.39 Å². The van der Waals surface area contributed by atoms with Crippen molar-refractivity contribution in [1.82, 2.24) is 0 Å². The van der Waals surface area contributed by atoms with E-state index in [-0.39, 0.29) is 12.4 Å². The Bertz CT molecular complexity index is 449. The van der Waals surface area contributed by atoms with Crippen LogP contribution in [0.15, 0.2) is 18.2 Å². The van der Waals surface area contributed by atoms with Crippen molar-refractivity contribution in [3.63, 3.8) is 0 Å². The predicted octanol–water partition coefficient (Wildman–Crippen LogP) is 2.76. The average Bonchev–Trinajstić information content (AvgIpc) is 2.45. The summed E-state index contributed by atoms with van der Waals surface area (Å²) in [5.41, 5.74) is 0.619. The molecule has 0 saturated carbocycles. The Balaban J connectivity index is 2.50. The molecule has 0 bridgehead atoms. The molecular weight excluding hydrogens is 259 g/mol. The molecule has 1 aromatic rings. The fourth-order valence-corrected chi connectivity index (χ4v) is 1.49. The molecule has 0 aliphatic rings. The number of halogens is 1. The molecule has 0 aliphatic heterocycles. The van der Waals surface area contributed by atoms with Crippen LogP contribution in [0.3, 0.4) is 0 Å². The largest absolute Gasteiger partial charge is 0.490 e. The first kappa shape index (κ1) is 16.5. The van der Waals surface area contributed by atoms with Crippen molar-refractivity contribution in [3.05, 3.63) is 29.6 Å². The van der Waals surface area contributed by atoms with Crippen molar-refractivity contribution in [2.75, 3.05) is 26.4 Å². The first-order chi connectivity index (χ1) is 9.77. The maximum atomic E-state index is 13.2. The minimum Gasteiger partial charge on any atom is -0.490 e. The maximum Gasteiger partial charge on any atom is 0.137 e. The topological polar surface area (TPSA) is 38.7 Å². The number of aliphatic hydroxyl groups excluding tert-OH is 1. The number of hydrogen-bond donors (Lipinski definition) is 1. The number of unbranched alkanes of at least 4 members (excludes halogenated alkanes) is 1. The molecule has 4 heteroatoms. The van der Waals surface area contributed by atoms with E-state index in [1.165, 1.54) is 12.1 Å². The van der Waals surface area contributed by atoms with Crippen LogP contribution in [-0.4, -0.2) is 31.5 Å². The number of benzene rings is 1. The van der Waals surface area contributed by atoms with Gasteiger partial charge in [-0.1, -0.05) is 25.2 Å². The molecule has 1 aromatic carbocycles. The van der Waals surface area contributed by atoms with E-state index in [0.29, 0.717) is 37.6 Å². The van der Waals surface area contributed by atoms with Crippen LogP contribution in [0.5, 0.6) is 5.75 Å². The molecule has 110 valence electrons. The molecule has 1 rings (SSSR count). The third-order valence-corrected chi connectivity index (χ3v) is 2.53. The lowest BCUT2D eigenvalue weighted by Gasteiger charge is -2.09. The highest BCUT2D eigenvalue weighted by Gasteiger charge is 2.03. The Hall–Kier alpha value is -1.57. The Morgan fingerprint density at radius 3 is 2.85 bits per heavy atom. The molecule has 0 amide bonds. The number of hydrogen-bond acceptors (Lipinski definition) is 3. The zero-order valence-electron chi connectivity index (χ0n) is 11.8. The highest BCUT2D eigenvalue weighted by Crippen LogP contribution is 2.19. The molecule has 3 nitrogen and oxygen atoms in total. The van der Waals surface area contributed by atoms with Crippen molar-refractivity contribution >= 4 is 0 Å². The highest BCUT2D eigenvalue weighted by molar-refractivity contribution is 5.46. The monoisotopic (exact) mass is 280 g/mol. The van der Waals surface area contributed by atoms with Gasteiger partial charge < -0.3 is 14.6 Å². The molecule has 0 unspecified atom stereocenters. The Labute approximate surface area is 119 Å². The summed E-state index contributed by atoms with van der Waals surface area (Å²) in [6.45, 7) is 3.66. The van der Waals surface area contributed by atoms with Gasteiger partial charge in [-0.2, -0.15) is 0 Å². The fraction of sp³-hybridized carbons (Fsp3) is 0.500. The van der Waals surface area contributed by atoms with Crippen molar-refractivity contribution in [1.29, 1.82) is 0 Å². The quantitative estimate of drug-likeness (QED) is 0.588. The summed E-state index contributed by atoms with van der Waals surface area (Å²) in [4.78, 5) is 0. The standard InChI is InChI=1S/C16H21FO3/c1-2-3-10-19-11-12-20-16-13-15(17)8-7-14(16)6-4-5-9-18/h7-8,13,18H,2-3,5,9-12H2,1H3. The molecule has 0 radical (unpaired) electrons. The van der Waals surface area contributed by atoms with E-state index < -0.39 is 0 Å². The van der Waals surface area contributed by atoms with E-state index >= 15 is 0 Å². The van der Waals surface area contributed by atoms with Gasteiger partial charge in [0.05, 0.1) is 18.8 Å². The fourth-order valence-electron chi connectivity index (χ4n) is 1.49. The second kappa shape index (κ2) is 10.2. The van der Waals surface area contributed by atoms with Crippen LogP contribution >= 0.6 is 0 Å². The van der Waals surface area contributed by atoms with E-state index in [0.717, 1.165) is 12.8 Å². The van der Waals surface area contributed by atoms with Gasteiger partial charge in [0, 0.05) is 19.1 Å². The molecule has 0 atom stereocenters. The smallest absolute Gasteiger partial charge is 0.137 e.